The molecule has 0 bridgehead atoms. The van der Waals surface area contributed by atoms with Crippen molar-refractivity contribution >= 4 is 0 Å². The van der Waals surface area contributed by atoms with Crippen molar-refractivity contribution in [3.63, 3.8) is 0 Å². The van der Waals surface area contributed by atoms with E-state index in [0.717, 1.165) is 26.1 Å². The molecule has 0 radical (unpaired) electrons. The van der Waals surface area contributed by atoms with Crippen LogP contribution in [0.3, 0.4) is 0 Å². The molecular weight excluding hydrogens is 140 g/mol. The van der Waals surface area contributed by atoms with Gasteiger partial charge in [0.2, 0.25) is 0 Å². The average Bonchev–Trinajstić information content (AvgIpc) is 2.02. The molecule has 3 nitrogen and oxygen atoms in total. The molecule has 2 aliphatic rings. The first-order valence-corrected chi connectivity index (χ1v) is 4.37. The molecule has 0 aromatic carbocycles. The van der Waals surface area contributed by atoms with E-state index >= 15 is 0 Å². The second kappa shape index (κ2) is 2.73. The van der Waals surface area contributed by atoms with E-state index in [1.807, 2.05) is 0 Å². The molecule has 1 spiro atoms. The summed E-state index contributed by atoms with van der Waals surface area (Å²) in [5.41, 5.74) is 6.00. The maximum Gasteiger partial charge on any atom is 0.0697 e. The lowest BCUT2D eigenvalue weighted by molar-refractivity contribution is -0.0795. The van der Waals surface area contributed by atoms with Gasteiger partial charge in [-0.2, -0.15) is 0 Å². The smallest absolute Gasteiger partial charge is 0.0697 e. The summed E-state index contributed by atoms with van der Waals surface area (Å²) in [5, 5.41) is 3.29. The molecule has 2 saturated heterocycles. The average molecular weight is 156 g/mol. The van der Waals surface area contributed by atoms with Crippen LogP contribution >= 0.6 is 0 Å². The minimum Gasteiger partial charge on any atom is -0.376 e. The molecule has 1 unspecified atom stereocenters. The van der Waals surface area contributed by atoms with Gasteiger partial charge < -0.3 is 15.8 Å². The van der Waals surface area contributed by atoms with Crippen LogP contribution in [0.25, 0.3) is 0 Å². The van der Waals surface area contributed by atoms with E-state index in [1.165, 1.54) is 6.42 Å². The van der Waals surface area contributed by atoms with E-state index in [0.29, 0.717) is 18.1 Å². The quantitative estimate of drug-likeness (QED) is 0.548. The standard InChI is InChI=1S/C8H16N2O/c9-3-7-1-2-8(6-11-7)4-10-5-8/h7,10H,1-6,9H2. The summed E-state index contributed by atoms with van der Waals surface area (Å²) in [5.74, 6) is 0. The van der Waals surface area contributed by atoms with Gasteiger partial charge in [0.25, 0.3) is 0 Å². The predicted molar refractivity (Wildman–Crippen MR) is 43.3 cm³/mol. The van der Waals surface area contributed by atoms with Crippen molar-refractivity contribution in [2.24, 2.45) is 11.1 Å². The zero-order chi connectivity index (χ0) is 7.73. The molecule has 0 saturated carbocycles. The molecule has 2 aliphatic heterocycles. The molecule has 3 heteroatoms. The highest BCUT2D eigenvalue weighted by molar-refractivity contribution is 4.95. The first-order chi connectivity index (χ1) is 5.35. The lowest BCUT2D eigenvalue weighted by Gasteiger charge is -2.46. The van der Waals surface area contributed by atoms with Gasteiger partial charge in [0.1, 0.15) is 0 Å². The topological polar surface area (TPSA) is 47.3 Å². The monoisotopic (exact) mass is 156 g/mol. The Balaban J connectivity index is 1.84. The molecule has 11 heavy (non-hydrogen) atoms. The molecule has 0 amide bonds. The Morgan fingerprint density at radius 3 is 2.73 bits per heavy atom. The van der Waals surface area contributed by atoms with Gasteiger partial charge in [0.05, 0.1) is 12.7 Å². The van der Waals surface area contributed by atoms with E-state index in [-0.39, 0.29) is 0 Å². The van der Waals surface area contributed by atoms with Gasteiger partial charge in [-0.1, -0.05) is 0 Å². The lowest BCUT2D eigenvalue weighted by atomic mass is 9.76. The first-order valence-electron chi connectivity index (χ1n) is 4.37. The van der Waals surface area contributed by atoms with Crippen molar-refractivity contribution in [1.29, 1.82) is 0 Å². The van der Waals surface area contributed by atoms with E-state index in [1.54, 1.807) is 0 Å². The maximum absolute atomic E-state index is 5.62. The van der Waals surface area contributed by atoms with Crippen LogP contribution in [0.4, 0.5) is 0 Å². The van der Waals surface area contributed by atoms with E-state index in [2.05, 4.69) is 5.32 Å². The van der Waals surface area contributed by atoms with Crippen LogP contribution in [0.2, 0.25) is 0 Å². The van der Waals surface area contributed by atoms with Crippen LogP contribution in [0.1, 0.15) is 12.8 Å². The second-order valence-electron chi connectivity index (χ2n) is 3.81. The summed E-state index contributed by atoms with van der Waals surface area (Å²) in [4.78, 5) is 0. The molecule has 2 heterocycles. The SMILES string of the molecule is NCC1CCC2(CNC2)CO1. The van der Waals surface area contributed by atoms with Crippen LogP contribution in [-0.4, -0.2) is 32.3 Å². The molecular formula is C8H16N2O. The Bertz CT molecular complexity index is 135. The van der Waals surface area contributed by atoms with E-state index < -0.39 is 0 Å². The normalized spacial score (nSPS) is 35.2. The van der Waals surface area contributed by atoms with Crippen molar-refractivity contribution in [2.75, 3.05) is 26.2 Å². The Kier molecular flexibility index (Phi) is 1.87. The van der Waals surface area contributed by atoms with Crippen molar-refractivity contribution in [1.82, 2.24) is 5.32 Å². The summed E-state index contributed by atoms with van der Waals surface area (Å²) in [7, 11) is 0. The molecule has 2 fully saturated rings. The Hall–Kier alpha value is -0.120. The molecule has 3 N–H and O–H groups in total. The predicted octanol–water partition coefficient (Wildman–Crippen LogP) is -0.286. The number of nitrogens with two attached hydrogens (primary N) is 1. The van der Waals surface area contributed by atoms with Gasteiger partial charge >= 0.3 is 0 Å². The number of hydrogen-bond donors (Lipinski definition) is 2. The first kappa shape index (κ1) is 7.53. The zero-order valence-corrected chi connectivity index (χ0v) is 6.81. The third-order valence-corrected chi connectivity index (χ3v) is 2.88. The van der Waals surface area contributed by atoms with E-state index in [9.17, 15) is 0 Å². The van der Waals surface area contributed by atoms with Crippen molar-refractivity contribution in [2.45, 2.75) is 18.9 Å². The van der Waals surface area contributed by atoms with Crippen molar-refractivity contribution < 1.29 is 4.74 Å². The fraction of sp³-hybridized carbons (Fsp3) is 1.00. The number of rotatable bonds is 1. The number of ether oxygens (including phenoxy) is 1. The van der Waals surface area contributed by atoms with Gasteiger partial charge in [0, 0.05) is 25.0 Å². The fourth-order valence-corrected chi connectivity index (χ4v) is 1.86. The van der Waals surface area contributed by atoms with Gasteiger partial charge in [-0.15, -0.1) is 0 Å². The second-order valence-corrected chi connectivity index (χ2v) is 3.81. The third kappa shape index (κ3) is 1.28. The van der Waals surface area contributed by atoms with Crippen LogP contribution in [0.5, 0.6) is 0 Å². The Labute approximate surface area is 67.3 Å². The highest BCUT2D eigenvalue weighted by Gasteiger charge is 2.40. The van der Waals surface area contributed by atoms with Crippen LogP contribution in [-0.2, 0) is 4.74 Å². The van der Waals surface area contributed by atoms with Gasteiger partial charge in [-0.25, -0.2) is 0 Å². The fourth-order valence-electron chi connectivity index (χ4n) is 1.86. The molecule has 0 aromatic rings. The molecule has 1 atom stereocenters. The van der Waals surface area contributed by atoms with Crippen LogP contribution < -0.4 is 11.1 Å². The summed E-state index contributed by atoms with van der Waals surface area (Å²) < 4.78 is 5.62. The lowest BCUT2D eigenvalue weighted by Crippen LogP contribution is -2.58. The molecule has 0 aromatic heterocycles. The van der Waals surface area contributed by atoms with Crippen molar-refractivity contribution in [3.05, 3.63) is 0 Å². The summed E-state index contributed by atoms with van der Waals surface area (Å²) >= 11 is 0. The van der Waals surface area contributed by atoms with Crippen LogP contribution in [0.15, 0.2) is 0 Å². The largest absolute Gasteiger partial charge is 0.376 e. The molecule has 2 rings (SSSR count). The van der Waals surface area contributed by atoms with E-state index in [4.69, 9.17) is 10.5 Å². The zero-order valence-electron chi connectivity index (χ0n) is 6.81. The third-order valence-electron chi connectivity index (χ3n) is 2.88. The summed E-state index contributed by atoms with van der Waals surface area (Å²) in [6, 6.07) is 0. The summed E-state index contributed by atoms with van der Waals surface area (Å²) in [6.07, 6.45) is 2.78. The van der Waals surface area contributed by atoms with Crippen molar-refractivity contribution in [3.8, 4) is 0 Å². The molecule has 64 valence electrons. The van der Waals surface area contributed by atoms with Crippen LogP contribution in [0, 0.1) is 5.41 Å². The highest BCUT2D eigenvalue weighted by Crippen LogP contribution is 2.34. The number of hydrogen-bond acceptors (Lipinski definition) is 3. The minimum atomic E-state index is 0.334. The van der Waals surface area contributed by atoms with Gasteiger partial charge in [-0.05, 0) is 12.8 Å². The minimum absolute atomic E-state index is 0.334. The number of nitrogens with one attached hydrogen (secondary N) is 1. The summed E-state index contributed by atoms with van der Waals surface area (Å²) in [6.45, 7) is 3.89. The Morgan fingerprint density at radius 1 is 1.55 bits per heavy atom. The Morgan fingerprint density at radius 2 is 2.36 bits per heavy atom. The van der Waals surface area contributed by atoms with Gasteiger partial charge in [0.15, 0.2) is 0 Å². The van der Waals surface area contributed by atoms with Gasteiger partial charge in [-0.3, -0.25) is 0 Å². The molecule has 0 aliphatic carbocycles. The maximum atomic E-state index is 5.62. The highest BCUT2D eigenvalue weighted by atomic mass is 16.5.